The smallest absolute Gasteiger partial charge is 0.0738 e. The van der Waals surface area contributed by atoms with Crippen LogP contribution in [0.2, 0.25) is 0 Å². The molecule has 1 aliphatic carbocycles. The molecule has 0 aromatic carbocycles. The van der Waals surface area contributed by atoms with E-state index in [-0.39, 0.29) is 0 Å². The van der Waals surface area contributed by atoms with Gasteiger partial charge in [-0.2, -0.15) is 5.10 Å². The van der Waals surface area contributed by atoms with E-state index in [0.29, 0.717) is 6.04 Å². The van der Waals surface area contributed by atoms with E-state index >= 15 is 0 Å². The second kappa shape index (κ2) is 4.88. The van der Waals surface area contributed by atoms with Crippen LogP contribution in [0.3, 0.4) is 0 Å². The summed E-state index contributed by atoms with van der Waals surface area (Å²) in [5.74, 6) is 0.963. The van der Waals surface area contributed by atoms with Crippen molar-refractivity contribution in [3.8, 4) is 0 Å². The number of hydrogen-bond acceptors (Lipinski definition) is 2. The van der Waals surface area contributed by atoms with Gasteiger partial charge >= 0.3 is 0 Å². The van der Waals surface area contributed by atoms with Crippen LogP contribution in [0.15, 0.2) is 4.47 Å². The molecule has 2 rings (SSSR count). The third-order valence-electron chi connectivity index (χ3n) is 3.42. The molecule has 90 valence electrons. The van der Waals surface area contributed by atoms with Crippen molar-refractivity contribution < 1.29 is 0 Å². The van der Waals surface area contributed by atoms with Gasteiger partial charge in [0.25, 0.3) is 0 Å². The Hall–Kier alpha value is -0.350. The van der Waals surface area contributed by atoms with E-state index in [4.69, 9.17) is 0 Å². The molecule has 0 aliphatic heterocycles. The fourth-order valence-corrected chi connectivity index (χ4v) is 2.69. The van der Waals surface area contributed by atoms with Crippen LogP contribution < -0.4 is 5.32 Å². The Balaban J connectivity index is 2.05. The summed E-state index contributed by atoms with van der Waals surface area (Å²) in [4.78, 5) is 0. The predicted octanol–water partition coefficient (Wildman–Crippen LogP) is 2.42. The molecule has 1 fully saturated rings. The van der Waals surface area contributed by atoms with Crippen molar-refractivity contribution in [2.45, 2.75) is 38.6 Å². The average molecular weight is 286 g/mol. The standard InChI is InChI=1S/C12H20BrN3/c1-8-12(13)11(16(3)15-8)7-10(14-2)6-9-4-5-9/h9-10,14H,4-7H2,1-3H3. The molecule has 3 nitrogen and oxygen atoms in total. The van der Waals surface area contributed by atoms with Crippen LogP contribution in [-0.2, 0) is 13.5 Å². The lowest BCUT2D eigenvalue weighted by molar-refractivity contribution is 0.476. The molecule has 1 aromatic heterocycles. The highest BCUT2D eigenvalue weighted by atomic mass is 79.9. The minimum atomic E-state index is 0.582. The lowest BCUT2D eigenvalue weighted by Crippen LogP contribution is -2.29. The van der Waals surface area contributed by atoms with Gasteiger partial charge in [0.2, 0.25) is 0 Å². The first-order valence-electron chi connectivity index (χ1n) is 5.97. The van der Waals surface area contributed by atoms with Crippen LogP contribution in [0.4, 0.5) is 0 Å². The minimum absolute atomic E-state index is 0.582. The first-order valence-corrected chi connectivity index (χ1v) is 6.76. The number of hydrogen-bond donors (Lipinski definition) is 1. The molecule has 1 heterocycles. The third-order valence-corrected chi connectivity index (χ3v) is 4.46. The summed E-state index contributed by atoms with van der Waals surface area (Å²) in [5, 5.41) is 7.86. The molecule has 16 heavy (non-hydrogen) atoms. The Morgan fingerprint density at radius 2 is 2.25 bits per heavy atom. The van der Waals surface area contributed by atoms with Gasteiger partial charge in [0.15, 0.2) is 0 Å². The molecule has 0 radical (unpaired) electrons. The van der Waals surface area contributed by atoms with Crippen molar-refractivity contribution in [3.05, 3.63) is 15.9 Å². The van der Waals surface area contributed by atoms with Gasteiger partial charge in [0, 0.05) is 19.5 Å². The molecular formula is C12H20BrN3. The first-order chi connectivity index (χ1) is 7.61. The summed E-state index contributed by atoms with van der Waals surface area (Å²) >= 11 is 3.63. The highest BCUT2D eigenvalue weighted by Gasteiger charge is 2.26. The molecule has 0 saturated heterocycles. The number of likely N-dealkylation sites (N-methyl/N-ethyl adjacent to an activating group) is 1. The van der Waals surface area contributed by atoms with Gasteiger partial charge in [-0.3, -0.25) is 4.68 Å². The van der Waals surface area contributed by atoms with E-state index < -0.39 is 0 Å². The minimum Gasteiger partial charge on any atom is -0.317 e. The average Bonchev–Trinajstić information content (AvgIpc) is 3.02. The lowest BCUT2D eigenvalue weighted by Gasteiger charge is -2.16. The maximum absolute atomic E-state index is 4.43. The maximum atomic E-state index is 4.43. The summed E-state index contributed by atoms with van der Waals surface area (Å²) in [6.07, 6.45) is 5.20. The molecule has 4 heteroatoms. The SMILES string of the molecule is CNC(Cc1c(Br)c(C)nn1C)CC1CC1. The number of aryl methyl sites for hydroxylation is 2. The van der Waals surface area contributed by atoms with E-state index in [1.54, 1.807) is 0 Å². The summed E-state index contributed by atoms with van der Waals surface area (Å²) < 4.78 is 3.17. The quantitative estimate of drug-likeness (QED) is 0.901. The van der Waals surface area contributed by atoms with E-state index in [1.165, 1.54) is 29.4 Å². The Labute approximate surface area is 106 Å². The van der Waals surface area contributed by atoms with Gasteiger partial charge in [-0.1, -0.05) is 12.8 Å². The van der Waals surface area contributed by atoms with Crippen LogP contribution in [0.5, 0.6) is 0 Å². The zero-order valence-corrected chi connectivity index (χ0v) is 11.8. The van der Waals surface area contributed by atoms with Gasteiger partial charge < -0.3 is 5.32 Å². The topological polar surface area (TPSA) is 29.9 Å². The number of nitrogens with zero attached hydrogens (tertiary/aromatic N) is 2. The molecule has 1 N–H and O–H groups in total. The molecule has 1 aliphatic rings. The molecule has 1 atom stereocenters. The third kappa shape index (κ3) is 2.66. The molecule has 0 bridgehead atoms. The number of rotatable bonds is 5. The van der Waals surface area contributed by atoms with Gasteiger partial charge in [-0.25, -0.2) is 0 Å². The van der Waals surface area contributed by atoms with Gasteiger partial charge in [-0.15, -0.1) is 0 Å². The Morgan fingerprint density at radius 1 is 1.56 bits per heavy atom. The Kier molecular flexibility index (Phi) is 3.70. The van der Waals surface area contributed by atoms with Gasteiger partial charge in [0.05, 0.1) is 15.9 Å². The molecule has 1 unspecified atom stereocenters. The summed E-state index contributed by atoms with van der Waals surface area (Å²) in [5.41, 5.74) is 2.39. The fraction of sp³-hybridized carbons (Fsp3) is 0.750. The molecule has 0 amide bonds. The molecule has 1 aromatic rings. The largest absolute Gasteiger partial charge is 0.317 e. The number of aromatic nitrogens is 2. The van der Waals surface area contributed by atoms with Crippen molar-refractivity contribution in [3.63, 3.8) is 0 Å². The Morgan fingerprint density at radius 3 is 2.69 bits per heavy atom. The van der Waals surface area contributed by atoms with Crippen molar-refractivity contribution in [1.82, 2.24) is 15.1 Å². The first kappa shape index (κ1) is 12.1. The van der Waals surface area contributed by atoms with Crippen LogP contribution in [0.25, 0.3) is 0 Å². The molecular weight excluding hydrogens is 266 g/mol. The van der Waals surface area contributed by atoms with E-state index in [2.05, 4.69) is 33.4 Å². The van der Waals surface area contributed by atoms with Gasteiger partial charge in [-0.05, 0) is 42.2 Å². The highest BCUT2D eigenvalue weighted by Crippen LogP contribution is 2.34. The fourth-order valence-electron chi connectivity index (χ4n) is 2.19. The highest BCUT2D eigenvalue weighted by molar-refractivity contribution is 9.10. The number of nitrogens with one attached hydrogen (secondary N) is 1. The maximum Gasteiger partial charge on any atom is 0.0738 e. The van der Waals surface area contributed by atoms with Crippen LogP contribution in [0, 0.1) is 12.8 Å². The zero-order chi connectivity index (χ0) is 11.7. The van der Waals surface area contributed by atoms with Crippen LogP contribution in [0.1, 0.15) is 30.7 Å². The monoisotopic (exact) mass is 285 g/mol. The number of halogens is 1. The Bertz CT molecular complexity index is 369. The second-order valence-corrected chi connectivity index (χ2v) is 5.63. The van der Waals surface area contributed by atoms with E-state index in [1.807, 2.05) is 18.7 Å². The van der Waals surface area contributed by atoms with Gasteiger partial charge in [0.1, 0.15) is 0 Å². The van der Waals surface area contributed by atoms with Crippen molar-refractivity contribution in [2.75, 3.05) is 7.05 Å². The van der Waals surface area contributed by atoms with Crippen LogP contribution >= 0.6 is 15.9 Å². The van der Waals surface area contributed by atoms with Crippen molar-refractivity contribution in [1.29, 1.82) is 0 Å². The van der Waals surface area contributed by atoms with E-state index in [9.17, 15) is 0 Å². The summed E-state index contributed by atoms with van der Waals surface area (Å²) in [6, 6.07) is 0.582. The predicted molar refractivity (Wildman–Crippen MR) is 69.5 cm³/mol. The summed E-state index contributed by atoms with van der Waals surface area (Å²) in [6.45, 7) is 2.04. The second-order valence-electron chi connectivity index (χ2n) is 4.84. The van der Waals surface area contributed by atoms with Crippen LogP contribution in [-0.4, -0.2) is 22.9 Å². The van der Waals surface area contributed by atoms with E-state index in [0.717, 1.165) is 18.0 Å². The molecule has 1 saturated carbocycles. The zero-order valence-electron chi connectivity index (χ0n) is 10.3. The van der Waals surface area contributed by atoms with Crippen molar-refractivity contribution >= 4 is 15.9 Å². The molecule has 0 spiro atoms. The van der Waals surface area contributed by atoms with Crippen molar-refractivity contribution in [2.24, 2.45) is 13.0 Å². The summed E-state index contributed by atoms with van der Waals surface area (Å²) in [7, 11) is 4.08. The lowest BCUT2D eigenvalue weighted by atomic mass is 10.0. The normalized spacial score (nSPS) is 17.8.